The molecule has 3 aliphatic heterocycles. The summed E-state index contributed by atoms with van der Waals surface area (Å²) in [6.07, 6.45) is 0.838. The second-order valence-corrected chi connectivity index (χ2v) is 13.3. The van der Waals surface area contributed by atoms with Gasteiger partial charge < -0.3 is 15.2 Å². The van der Waals surface area contributed by atoms with Crippen molar-refractivity contribution in [2.75, 3.05) is 30.5 Å². The van der Waals surface area contributed by atoms with Crippen molar-refractivity contribution in [3.63, 3.8) is 0 Å². The van der Waals surface area contributed by atoms with Gasteiger partial charge >= 0.3 is 5.97 Å². The van der Waals surface area contributed by atoms with Gasteiger partial charge in [0.1, 0.15) is 5.75 Å². The smallest absolute Gasteiger partial charge is 0.335 e. The van der Waals surface area contributed by atoms with Crippen molar-refractivity contribution in [3.05, 3.63) is 87.4 Å². The van der Waals surface area contributed by atoms with Crippen molar-refractivity contribution in [2.45, 2.75) is 50.6 Å². The third-order valence-electron chi connectivity index (χ3n) is 8.83. The van der Waals surface area contributed by atoms with Crippen LogP contribution in [-0.2, 0) is 10.2 Å². The van der Waals surface area contributed by atoms with Crippen molar-refractivity contribution in [3.8, 4) is 5.75 Å². The van der Waals surface area contributed by atoms with E-state index in [0.29, 0.717) is 34.7 Å². The van der Waals surface area contributed by atoms with E-state index < -0.39 is 17.4 Å². The highest BCUT2D eigenvalue weighted by Crippen LogP contribution is 2.61. The average molecular weight is 595 g/mol. The van der Waals surface area contributed by atoms with Crippen LogP contribution in [0.25, 0.3) is 0 Å². The molecule has 1 spiro atoms. The SMILES string of the molecule is COc1cc(C(=O)O)ccc1N1CN2[C@@H](CC(C)(C)C)[C@@]3(CNc4ccc(Cl)cc43)[C@@H](c3cccc(Cl)c3)[C@@H]2C1=O. The van der Waals surface area contributed by atoms with Crippen LogP contribution in [0.15, 0.2) is 60.7 Å². The Morgan fingerprint density at radius 2 is 1.85 bits per heavy atom. The van der Waals surface area contributed by atoms with E-state index in [1.54, 1.807) is 11.0 Å². The molecule has 0 bridgehead atoms. The molecule has 2 N–H and O–H groups in total. The standard InChI is InChI=1S/C32H33Cl2N3O4/c1-31(2,3)15-26-32(16-35-23-10-9-21(34)14-22(23)32)27(18-6-5-7-20(33)12-18)28-29(38)36(17-37(26)28)24-11-8-19(30(39)40)13-25(24)41-4/h5-14,26-28,35H,15-17H2,1-4H3,(H,39,40)/t26-,27-,28+,32-/m0/s1. The van der Waals surface area contributed by atoms with Crippen molar-refractivity contribution in [2.24, 2.45) is 5.41 Å². The van der Waals surface area contributed by atoms with E-state index in [-0.39, 0.29) is 28.8 Å². The lowest BCUT2D eigenvalue weighted by Crippen LogP contribution is -2.49. The molecule has 3 heterocycles. The molecular weight excluding hydrogens is 561 g/mol. The predicted molar refractivity (Wildman–Crippen MR) is 162 cm³/mol. The number of hydrogen-bond donors (Lipinski definition) is 2. The van der Waals surface area contributed by atoms with Crippen LogP contribution in [0.1, 0.15) is 54.6 Å². The molecule has 0 radical (unpaired) electrons. The molecule has 2 fully saturated rings. The van der Waals surface area contributed by atoms with Crippen LogP contribution >= 0.6 is 23.2 Å². The van der Waals surface area contributed by atoms with Crippen LogP contribution in [0.5, 0.6) is 5.75 Å². The zero-order valence-corrected chi connectivity index (χ0v) is 25.0. The van der Waals surface area contributed by atoms with Crippen molar-refractivity contribution < 1.29 is 19.4 Å². The molecule has 4 atom stereocenters. The summed E-state index contributed by atoms with van der Waals surface area (Å²) in [5, 5.41) is 14.5. The number of hydrogen-bond acceptors (Lipinski definition) is 5. The number of ether oxygens (including phenoxy) is 1. The van der Waals surface area contributed by atoms with E-state index in [2.05, 4.69) is 43.1 Å². The molecule has 7 nitrogen and oxygen atoms in total. The van der Waals surface area contributed by atoms with Gasteiger partial charge in [-0.05, 0) is 71.5 Å². The first-order valence-corrected chi connectivity index (χ1v) is 14.5. The number of halogens is 2. The number of carbonyl (C=O) groups excluding carboxylic acids is 1. The molecule has 1 amide bonds. The van der Waals surface area contributed by atoms with Gasteiger partial charge in [-0.1, -0.05) is 56.1 Å². The summed E-state index contributed by atoms with van der Waals surface area (Å²) in [5.41, 5.74) is 3.34. The van der Waals surface area contributed by atoms with Crippen LogP contribution in [0.3, 0.4) is 0 Å². The fourth-order valence-corrected chi connectivity index (χ4v) is 7.66. The topological polar surface area (TPSA) is 82.1 Å². The molecule has 3 aromatic rings. The normalized spacial score (nSPS) is 25.4. The molecular formula is C32H33Cl2N3O4. The van der Waals surface area contributed by atoms with Crippen LogP contribution in [-0.4, -0.2) is 54.3 Å². The molecule has 2 saturated heterocycles. The number of anilines is 2. The summed E-state index contributed by atoms with van der Waals surface area (Å²) in [7, 11) is 1.49. The van der Waals surface area contributed by atoms with Gasteiger partial charge in [0.2, 0.25) is 5.91 Å². The van der Waals surface area contributed by atoms with Crippen molar-refractivity contribution in [1.82, 2.24) is 4.90 Å². The third kappa shape index (κ3) is 4.46. The van der Waals surface area contributed by atoms with Crippen LogP contribution in [0.4, 0.5) is 11.4 Å². The molecule has 214 valence electrons. The Morgan fingerprint density at radius 1 is 1.10 bits per heavy atom. The fraction of sp³-hybridized carbons (Fsp3) is 0.375. The molecule has 3 aliphatic rings. The number of aromatic carboxylic acids is 1. The molecule has 0 unspecified atom stereocenters. The molecule has 3 aromatic carbocycles. The summed E-state index contributed by atoms with van der Waals surface area (Å²) in [4.78, 5) is 30.3. The number of benzene rings is 3. The number of carboxylic acids is 1. The number of rotatable bonds is 5. The third-order valence-corrected chi connectivity index (χ3v) is 9.30. The largest absolute Gasteiger partial charge is 0.495 e. The predicted octanol–water partition coefficient (Wildman–Crippen LogP) is 6.64. The number of nitrogens with one attached hydrogen (secondary N) is 1. The molecule has 0 aliphatic carbocycles. The minimum Gasteiger partial charge on any atom is -0.495 e. The molecule has 9 heteroatoms. The van der Waals surface area contributed by atoms with Gasteiger partial charge in [0, 0.05) is 39.7 Å². The first-order chi connectivity index (χ1) is 19.4. The number of fused-ring (bicyclic) bond motifs is 3. The van der Waals surface area contributed by atoms with Gasteiger partial charge in [0.15, 0.2) is 0 Å². The number of methoxy groups -OCH3 is 1. The Bertz CT molecular complexity index is 1550. The van der Waals surface area contributed by atoms with Gasteiger partial charge in [-0.2, -0.15) is 0 Å². The highest BCUT2D eigenvalue weighted by molar-refractivity contribution is 6.31. The maximum atomic E-state index is 14.6. The van der Waals surface area contributed by atoms with Gasteiger partial charge in [-0.3, -0.25) is 14.6 Å². The number of carbonyl (C=O) groups is 2. The van der Waals surface area contributed by atoms with Gasteiger partial charge in [0.25, 0.3) is 0 Å². The van der Waals surface area contributed by atoms with E-state index >= 15 is 0 Å². The van der Waals surface area contributed by atoms with Crippen molar-refractivity contribution in [1.29, 1.82) is 0 Å². The van der Waals surface area contributed by atoms with E-state index in [1.807, 2.05) is 30.3 Å². The molecule has 0 saturated carbocycles. The fourth-order valence-electron chi connectivity index (χ4n) is 7.29. The lowest BCUT2D eigenvalue weighted by molar-refractivity contribution is -0.119. The second-order valence-electron chi connectivity index (χ2n) is 12.5. The monoisotopic (exact) mass is 593 g/mol. The zero-order valence-electron chi connectivity index (χ0n) is 23.4. The number of amides is 1. The molecule has 6 rings (SSSR count). The van der Waals surface area contributed by atoms with Gasteiger partial charge in [-0.25, -0.2) is 4.79 Å². The maximum Gasteiger partial charge on any atom is 0.335 e. The summed E-state index contributed by atoms with van der Waals surface area (Å²) in [6, 6.07) is 18.0. The zero-order chi connectivity index (χ0) is 29.3. The number of nitrogens with zero attached hydrogens (tertiary/aromatic N) is 2. The Morgan fingerprint density at radius 3 is 2.54 bits per heavy atom. The Labute approximate surface area is 250 Å². The minimum absolute atomic E-state index is 0.0121. The summed E-state index contributed by atoms with van der Waals surface area (Å²) in [5.74, 6) is -0.979. The average Bonchev–Trinajstić information content (AvgIpc) is 3.53. The van der Waals surface area contributed by atoms with E-state index in [1.165, 1.54) is 19.2 Å². The van der Waals surface area contributed by atoms with E-state index in [9.17, 15) is 14.7 Å². The van der Waals surface area contributed by atoms with Crippen LogP contribution < -0.4 is 15.0 Å². The van der Waals surface area contributed by atoms with Gasteiger partial charge in [0.05, 0.1) is 31.1 Å². The first kappa shape index (κ1) is 27.9. The maximum absolute atomic E-state index is 14.6. The second kappa shape index (κ2) is 9.93. The summed E-state index contributed by atoms with van der Waals surface area (Å²) < 4.78 is 5.59. The highest BCUT2D eigenvalue weighted by Gasteiger charge is 2.67. The highest BCUT2D eigenvalue weighted by atomic mass is 35.5. The Kier molecular flexibility index (Phi) is 6.76. The summed E-state index contributed by atoms with van der Waals surface area (Å²) in [6.45, 7) is 7.70. The van der Waals surface area contributed by atoms with Crippen LogP contribution in [0.2, 0.25) is 10.0 Å². The van der Waals surface area contributed by atoms with Crippen molar-refractivity contribution >= 4 is 46.5 Å². The van der Waals surface area contributed by atoms with E-state index in [4.69, 9.17) is 27.9 Å². The van der Waals surface area contributed by atoms with Crippen LogP contribution in [0, 0.1) is 5.41 Å². The molecule has 41 heavy (non-hydrogen) atoms. The summed E-state index contributed by atoms with van der Waals surface area (Å²) >= 11 is 13.2. The van der Waals surface area contributed by atoms with Gasteiger partial charge in [-0.15, -0.1) is 0 Å². The lowest BCUT2D eigenvalue weighted by Gasteiger charge is -2.42. The van der Waals surface area contributed by atoms with E-state index in [0.717, 1.165) is 23.2 Å². The Balaban J connectivity index is 1.55. The number of carboxylic acid groups (broad SMARTS) is 1. The lowest BCUT2D eigenvalue weighted by atomic mass is 9.63. The molecule has 0 aromatic heterocycles. The minimum atomic E-state index is -1.05. The Hall–Kier alpha value is -3.26. The first-order valence-electron chi connectivity index (χ1n) is 13.7. The quantitative estimate of drug-likeness (QED) is 0.345.